The number of amides is 2. The van der Waals surface area contributed by atoms with Gasteiger partial charge in [-0.2, -0.15) is 0 Å². The molecule has 2 amide bonds. The number of nitrogens with one attached hydrogen (secondary N) is 2. The highest BCUT2D eigenvalue weighted by Gasteiger charge is 2.29. The molecule has 2 aromatic rings. The molecule has 1 aliphatic carbocycles. The third-order valence-corrected chi connectivity index (χ3v) is 5.01. The molecule has 0 saturated heterocycles. The lowest BCUT2D eigenvalue weighted by atomic mass is 9.98. The summed E-state index contributed by atoms with van der Waals surface area (Å²) in [5, 5.41) is 5.50. The summed E-state index contributed by atoms with van der Waals surface area (Å²) in [6.07, 6.45) is 0.00881. The normalized spacial score (nSPS) is 13.6. The van der Waals surface area contributed by atoms with Crippen molar-refractivity contribution in [1.82, 2.24) is 10.6 Å². The minimum atomic E-state index is -0.587. The molecule has 2 N–H and O–H groups in total. The highest BCUT2D eigenvalue weighted by atomic mass is 16.5. The van der Waals surface area contributed by atoms with E-state index in [0.717, 1.165) is 0 Å². The maximum Gasteiger partial charge on any atom is 0.407 e. The Morgan fingerprint density at radius 3 is 2.11 bits per heavy atom. The summed E-state index contributed by atoms with van der Waals surface area (Å²) in [5.74, 6) is 0.109. The van der Waals surface area contributed by atoms with Crippen molar-refractivity contribution in [3.63, 3.8) is 0 Å². The molecule has 1 unspecified atom stereocenters. The Hall–Kier alpha value is -2.82. The predicted molar refractivity (Wildman–Crippen MR) is 110 cm³/mol. The van der Waals surface area contributed by atoms with Crippen LogP contribution < -0.4 is 10.6 Å². The second kappa shape index (κ2) is 8.91. The molecule has 1 atom stereocenters. The first-order valence-corrected chi connectivity index (χ1v) is 9.90. The van der Waals surface area contributed by atoms with Gasteiger partial charge in [-0.05, 0) is 41.5 Å². The van der Waals surface area contributed by atoms with Crippen LogP contribution in [0.25, 0.3) is 11.1 Å². The number of rotatable bonds is 7. The van der Waals surface area contributed by atoms with Gasteiger partial charge in [0, 0.05) is 12.5 Å². The van der Waals surface area contributed by atoms with E-state index in [1.807, 2.05) is 45.0 Å². The van der Waals surface area contributed by atoms with Gasteiger partial charge in [-0.1, -0.05) is 62.4 Å². The zero-order valence-electron chi connectivity index (χ0n) is 16.7. The molecule has 2 aromatic carbocycles. The average Bonchev–Trinajstić information content (AvgIpc) is 3.00. The molecular formula is C23H28N2O3. The topological polar surface area (TPSA) is 67.4 Å². The molecular weight excluding hydrogens is 352 g/mol. The second-order valence-corrected chi connectivity index (χ2v) is 7.55. The van der Waals surface area contributed by atoms with Crippen molar-refractivity contribution in [2.75, 3.05) is 13.2 Å². The molecule has 5 nitrogen and oxygen atoms in total. The number of carbonyl (C=O) groups is 2. The molecule has 0 bridgehead atoms. The van der Waals surface area contributed by atoms with Gasteiger partial charge in [0.15, 0.2) is 0 Å². The van der Waals surface area contributed by atoms with E-state index in [2.05, 4.69) is 34.9 Å². The van der Waals surface area contributed by atoms with E-state index < -0.39 is 12.1 Å². The fourth-order valence-corrected chi connectivity index (χ4v) is 3.78. The number of ether oxygens (including phenoxy) is 1. The maximum atomic E-state index is 12.4. The van der Waals surface area contributed by atoms with Gasteiger partial charge >= 0.3 is 6.09 Å². The fourth-order valence-electron chi connectivity index (χ4n) is 3.78. The number of benzene rings is 2. The molecule has 5 heteroatoms. The van der Waals surface area contributed by atoms with Crippen molar-refractivity contribution in [1.29, 1.82) is 0 Å². The van der Waals surface area contributed by atoms with Crippen LogP contribution in [0.3, 0.4) is 0 Å². The van der Waals surface area contributed by atoms with Gasteiger partial charge in [0.25, 0.3) is 0 Å². The minimum Gasteiger partial charge on any atom is -0.449 e. The largest absolute Gasteiger partial charge is 0.449 e. The molecule has 0 saturated carbocycles. The first-order chi connectivity index (χ1) is 13.5. The molecule has 0 aliphatic heterocycles. The molecule has 3 rings (SSSR count). The first kappa shape index (κ1) is 19.9. The van der Waals surface area contributed by atoms with E-state index in [9.17, 15) is 9.59 Å². The van der Waals surface area contributed by atoms with Crippen LogP contribution in [0.5, 0.6) is 0 Å². The van der Waals surface area contributed by atoms with E-state index in [0.29, 0.717) is 13.0 Å². The lowest BCUT2D eigenvalue weighted by Crippen LogP contribution is -2.47. The SMILES string of the molecule is CCNC(=O)C(CC(C)C)NC(=O)OCC1c2ccccc2-c2ccccc21. The highest BCUT2D eigenvalue weighted by Crippen LogP contribution is 2.44. The molecule has 148 valence electrons. The van der Waals surface area contributed by atoms with Crippen molar-refractivity contribution < 1.29 is 14.3 Å². The summed E-state index contributed by atoms with van der Waals surface area (Å²) >= 11 is 0. The quantitative estimate of drug-likeness (QED) is 0.761. The monoisotopic (exact) mass is 380 g/mol. The molecule has 0 aromatic heterocycles. The fraction of sp³-hybridized carbons (Fsp3) is 0.391. The third-order valence-electron chi connectivity index (χ3n) is 5.01. The molecule has 0 radical (unpaired) electrons. The van der Waals surface area contributed by atoms with E-state index in [4.69, 9.17) is 4.74 Å². The lowest BCUT2D eigenvalue weighted by molar-refractivity contribution is -0.123. The smallest absolute Gasteiger partial charge is 0.407 e. The Labute approximate surface area is 166 Å². The third kappa shape index (κ3) is 4.35. The number of likely N-dealkylation sites (N-methyl/N-ethyl adjacent to an activating group) is 1. The van der Waals surface area contributed by atoms with Crippen LogP contribution in [0, 0.1) is 5.92 Å². The Balaban J connectivity index is 1.68. The van der Waals surface area contributed by atoms with Crippen LogP contribution in [0.1, 0.15) is 44.2 Å². The summed E-state index contributed by atoms with van der Waals surface area (Å²) in [6.45, 7) is 6.67. The Kier molecular flexibility index (Phi) is 6.34. The van der Waals surface area contributed by atoms with E-state index in [1.54, 1.807) is 0 Å². The zero-order chi connectivity index (χ0) is 20.1. The van der Waals surface area contributed by atoms with Gasteiger partial charge in [-0.15, -0.1) is 0 Å². The van der Waals surface area contributed by atoms with E-state index in [1.165, 1.54) is 22.3 Å². The van der Waals surface area contributed by atoms with Crippen molar-refractivity contribution in [3.8, 4) is 11.1 Å². The Morgan fingerprint density at radius 1 is 1.00 bits per heavy atom. The van der Waals surface area contributed by atoms with Gasteiger partial charge in [-0.25, -0.2) is 4.79 Å². The number of carbonyl (C=O) groups excluding carboxylic acids is 2. The summed E-state index contributed by atoms with van der Waals surface area (Å²) in [6, 6.07) is 15.8. The van der Waals surface area contributed by atoms with Crippen LogP contribution in [0.4, 0.5) is 4.79 Å². The zero-order valence-corrected chi connectivity index (χ0v) is 16.7. The summed E-state index contributed by atoms with van der Waals surface area (Å²) < 4.78 is 5.55. The van der Waals surface area contributed by atoms with Crippen molar-refractivity contribution >= 4 is 12.0 Å². The Morgan fingerprint density at radius 2 is 1.57 bits per heavy atom. The number of hydrogen-bond donors (Lipinski definition) is 2. The number of fused-ring (bicyclic) bond motifs is 3. The Bertz CT molecular complexity index is 802. The van der Waals surface area contributed by atoms with Crippen LogP contribution >= 0.6 is 0 Å². The number of hydrogen-bond acceptors (Lipinski definition) is 3. The number of alkyl carbamates (subject to hydrolysis) is 1. The van der Waals surface area contributed by atoms with Crippen molar-refractivity contribution in [2.24, 2.45) is 5.92 Å². The van der Waals surface area contributed by atoms with Gasteiger partial charge in [0.05, 0.1) is 0 Å². The second-order valence-electron chi connectivity index (χ2n) is 7.55. The van der Waals surface area contributed by atoms with Crippen molar-refractivity contribution in [3.05, 3.63) is 59.7 Å². The predicted octanol–water partition coefficient (Wildman–Crippen LogP) is 4.08. The van der Waals surface area contributed by atoms with Gasteiger partial charge in [0.1, 0.15) is 12.6 Å². The van der Waals surface area contributed by atoms with Crippen molar-refractivity contribution in [2.45, 2.75) is 39.2 Å². The average molecular weight is 380 g/mol. The van der Waals surface area contributed by atoms with Crippen LogP contribution in [-0.4, -0.2) is 31.2 Å². The van der Waals surface area contributed by atoms with Crippen LogP contribution in [-0.2, 0) is 9.53 Å². The summed E-state index contributed by atoms with van der Waals surface area (Å²) in [7, 11) is 0. The van der Waals surface area contributed by atoms with E-state index in [-0.39, 0.29) is 24.3 Å². The molecule has 0 spiro atoms. The molecule has 28 heavy (non-hydrogen) atoms. The van der Waals surface area contributed by atoms with Gasteiger partial charge < -0.3 is 15.4 Å². The lowest BCUT2D eigenvalue weighted by Gasteiger charge is -2.20. The standard InChI is InChI=1S/C23H28N2O3/c1-4-24-22(26)21(13-15(2)3)25-23(27)28-14-20-18-11-7-5-9-16(18)17-10-6-8-12-19(17)20/h5-12,15,20-21H,4,13-14H2,1-3H3,(H,24,26)(H,25,27). The maximum absolute atomic E-state index is 12.4. The molecule has 0 fully saturated rings. The molecule has 1 aliphatic rings. The molecule has 0 heterocycles. The first-order valence-electron chi connectivity index (χ1n) is 9.90. The van der Waals surface area contributed by atoms with Gasteiger partial charge in [0.2, 0.25) is 5.91 Å². The van der Waals surface area contributed by atoms with Crippen LogP contribution in [0.2, 0.25) is 0 Å². The van der Waals surface area contributed by atoms with Gasteiger partial charge in [-0.3, -0.25) is 4.79 Å². The highest BCUT2D eigenvalue weighted by molar-refractivity contribution is 5.85. The minimum absolute atomic E-state index is 0.00571. The summed E-state index contributed by atoms with van der Waals surface area (Å²) in [5.41, 5.74) is 4.71. The van der Waals surface area contributed by atoms with E-state index >= 15 is 0 Å². The summed E-state index contributed by atoms with van der Waals surface area (Å²) in [4.78, 5) is 24.6. The van der Waals surface area contributed by atoms with Crippen LogP contribution in [0.15, 0.2) is 48.5 Å².